The third kappa shape index (κ3) is 2.72. The topological polar surface area (TPSA) is 17.1 Å². The second-order valence-corrected chi connectivity index (χ2v) is 6.48. The van der Waals surface area contributed by atoms with Gasteiger partial charge in [0.15, 0.2) is 0 Å². The Bertz CT molecular complexity index is 480. The van der Waals surface area contributed by atoms with Crippen molar-refractivity contribution in [2.24, 2.45) is 11.3 Å². The number of carbonyl (C=O) groups is 1. The van der Waals surface area contributed by atoms with Gasteiger partial charge in [0.25, 0.3) is 0 Å². The van der Waals surface area contributed by atoms with Crippen molar-refractivity contribution in [1.29, 1.82) is 0 Å². The molecule has 0 bridgehead atoms. The highest BCUT2D eigenvalue weighted by molar-refractivity contribution is 5.86. The molecular weight excluding hydrogens is 244 g/mol. The lowest BCUT2D eigenvalue weighted by Gasteiger charge is -2.37. The molecule has 0 amide bonds. The standard InChI is InChI=1S/C19H24O/c20-18-12-15-19(13-5-2-6-14-19)17(18)11-7-10-16-8-3-1-4-9-16/h1,3-4,7-9,11,17H,2,5-6,10,12-15H2/b11-7-. The molecular formula is C19H24O. The van der Waals surface area contributed by atoms with Gasteiger partial charge in [-0.15, -0.1) is 0 Å². The van der Waals surface area contributed by atoms with Crippen molar-refractivity contribution < 1.29 is 4.79 Å². The fraction of sp³-hybridized carbons (Fsp3) is 0.526. The highest BCUT2D eigenvalue weighted by Crippen LogP contribution is 2.51. The van der Waals surface area contributed by atoms with Gasteiger partial charge < -0.3 is 0 Å². The molecule has 0 N–H and O–H groups in total. The largest absolute Gasteiger partial charge is 0.299 e. The Labute approximate surface area is 122 Å². The Morgan fingerprint density at radius 2 is 1.80 bits per heavy atom. The van der Waals surface area contributed by atoms with Crippen LogP contribution in [0.25, 0.3) is 0 Å². The summed E-state index contributed by atoms with van der Waals surface area (Å²) in [5.74, 6) is 0.683. The van der Waals surface area contributed by atoms with Crippen LogP contribution < -0.4 is 0 Å². The van der Waals surface area contributed by atoms with Crippen LogP contribution in [0.5, 0.6) is 0 Å². The number of carbonyl (C=O) groups excluding carboxylic acids is 1. The summed E-state index contributed by atoms with van der Waals surface area (Å²) in [7, 11) is 0. The first-order valence-corrected chi connectivity index (χ1v) is 8.03. The molecule has 1 heteroatoms. The normalized spacial score (nSPS) is 25.6. The fourth-order valence-electron chi connectivity index (χ4n) is 4.11. The third-order valence-electron chi connectivity index (χ3n) is 5.25. The summed E-state index contributed by atoms with van der Waals surface area (Å²) >= 11 is 0. The van der Waals surface area contributed by atoms with Gasteiger partial charge in [0.2, 0.25) is 0 Å². The number of ketones is 1. The Morgan fingerprint density at radius 3 is 2.55 bits per heavy atom. The lowest BCUT2D eigenvalue weighted by molar-refractivity contribution is -0.121. The van der Waals surface area contributed by atoms with Crippen LogP contribution in [0, 0.1) is 11.3 Å². The zero-order valence-electron chi connectivity index (χ0n) is 12.2. The summed E-state index contributed by atoms with van der Waals surface area (Å²) in [4.78, 5) is 12.2. The van der Waals surface area contributed by atoms with Crippen molar-refractivity contribution >= 4 is 5.78 Å². The molecule has 20 heavy (non-hydrogen) atoms. The molecule has 1 aromatic rings. The minimum absolute atomic E-state index is 0.200. The molecule has 0 aromatic heterocycles. The Balaban J connectivity index is 1.69. The van der Waals surface area contributed by atoms with E-state index in [-0.39, 0.29) is 5.92 Å². The molecule has 1 nitrogen and oxygen atoms in total. The lowest BCUT2D eigenvalue weighted by atomic mass is 9.67. The zero-order valence-corrected chi connectivity index (χ0v) is 12.2. The average molecular weight is 268 g/mol. The number of hydrogen-bond acceptors (Lipinski definition) is 1. The summed E-state index contributed by atoms with van der Waals surface area (Å²) in [5.41, 5.74) is 1.65. The maximum absolute atomic E-state index is 12.2. The number of allylic oxidation sites excluding steroid dienone is 2. The van der Waals surface area contributed by atoms with Crippen LogP contribution in [0.2, 0.25) is 0 Å². The lowest BCUT2D eigenvalue weighted by Crippen LogP contribution is -2.29. The van der Waals surface area contributed by atoms with E-state index in [9.17, 15) is 4.79 Å². The predicted molar refractivity (Wildman–Crippen MR) is 82.5 cm³/mol. The molecule has 2 saturated carbocycles. The predicted octanol–water partition coefficient (Wildman–Crippen LogP) is 4.71. The van der Waals surface area contributed by atoms with Gasteiger partial charge in [-0.2, -0.15) is 0 Å². The molecule has 0 radical (unpaired) electrons. The smallest absolute Gasteiger partial charge is 0.140 e. The molecule has 1 spiro atoms. The molecule has 0 saturated heterocycles. The summed E-state index contributed by atoms with van der Waals surface area (Å²) in [5, 5.41) is 0. The van der Waals surface area contributed by atoms with E-state index in [1.165, 1.54) is 37.7 Å². The number of Topliss-reactive ketones (excluding diaryl/α,β-unsaturated/α-hetero) is 1. The van der Waals surface area contributed by atoms with Gasteiger partial charge >= 0.3 is 0 Å². The van der Waals surface area contributed by atoms with Crippen molar-refractivity contribution in [1.82, 2.24) is 0 Å². The summed E-state index contributed by atoms with van der Waals surface area (Å²) in [6.07, 6.45) is 13.8. The first-order valence-electron chi connectivity index (χ1n) is 8.03. The van der Waals surface area contributed by atoms with E-state index in [0.29, 0.717) is 11.2 Å². The van der Waals surface area contributed by atoms with Gasteiger partial charge in [0, 0.05) is 12.3 Å². The van der Waals surface area contributed by atoms with Crippen molar-refractivity contribution in [3.63, 3.8) is 0 Å². The highest BCUT2D eigenvalue weighted by Gasteiger charge is 2.46. The van der Waals surface area contributed by atoms with Crippen molar-refractivity contribution in [2.75, 3.05) is 0 Å². The number of rotatable bonds is 3. The van der Waals surface area contributed by atoms with E-state index < -0.39 is 0 Å². The zero-order chi connectivity index (χ0) is 13.8. The maximum Gasteiger partial charge on any atom is 0.140 e. The molecule has 3 rings (SSSR count). The first kappa shape index (κ1) is 13.6. The van der Waals surface area contributed by atoms with Gasteiger partial charge in [0.05, 0.1) is 0 Å². The quantitative estimate of drug-likeness (QED) is 0.725. The molecule has 2 aliphatic carbocycles. The monoisotopic (exact) mass is 268 g/mol. The first-order chi connectivity index (χ1) is 9.80. The van der Waals surface area contributed by atoms with Crippen LogP contribution in [0.3, 0.4) is 0 Å². The molecule has 106 valence electrons. The van der Waals surface area contributed by atoms with E-state index in [4.69, 9.17) is 0 Å². The van der Waals surface area contributed by atoms with E-state index in [1.807, 2.05) is 6.07 Å². The second kappa shape index (κ2) is 5.95. The van der Waals surface area contributed by atoms with Gasteiger partial charge in [-0.3, -0.25) is 4.79 Å². The van der Waals surface area contributed by atoms with E-state index in [0.717, 1.165) is 19.3 Å². The Morgan fingerprint density at radius 1 is 1.05 bits per heavy atom. The van der Waals surface area contributed by atoms with Crippen LogP contribution in [0.1, 0.15) is 50.5 Å². The SMILES string of the molecule is O=C1CCC2(CCCCC2)C1/C=C\Cc1ccccc1. The van der Waals surface area contributed by atoms with E-state index in [1.54, 1.807) is 0 Å². The summed E-state index contributed by atoms with van der Waals surface area (Å²) in [6.45, 7) is 0. The fourth-order valence-corrected chi connectivity index (χ4v) is 4.11. The third-order valence-corrected chi connectivity index (χ3v) is 5.25. The average Bonchev–Trinajstić information content (AvgIpc) is 2.78. The van der Waals surface area contributed by atoms with Crippen LogP contribution >= 0.6 is 0 Å². The van der Waals surface area contributed by atoms with E-state index in [2.05, 4.69) is 36.4 Å². The second-order valence-electron chi connectivity index (χ2n) is 6.48. The van der Waals surface area contributed by atoms with Gasteiger partial charge in [-0.25, -0.2) is 0 Å². The molecule has 2 aliphatic rings. The Hall–Kier alpha value is -1.37. The minimum Gasteiger partial charge on any atom is -0.299 e. The summed E-state index contributed by atoms with van der Waals surface area (Å²) < 4.78 is 0. The van der Waals surface area contributed by atoms with Crippen LogP contribution in [0.15, 0.2) is 42.5 Å². The van der Waals surface area contributed by atoms with E-state index >= 15 is 0 Å². The molecule has 0 aliphatic heterocycles. The summed E-state index contributed by atoms with van der Waals surface area (Å²) in [6, 6.07) is 10.5. The highest BCUT2D eigenvalue weighted by atomic mass is 16.1. The molecule has 2 fully saturated rings. The van der Waals surface area contributed by atoms with Gasteiger partial charge in [0.1, 0.15) is 5.78 Å². The van der Waals surface area contributed by atoms with Crippen LogP contribution in [-0.2, 0) is 11.2 Å². The van der Waals surface area contributed by atoms with Crippen LogP contribution in [-0.4, -0.2) is 5.78 Å². The number of benzene rings is 1. The van der Waals surface area contributed by atoms with Crippen LogP contribution in [0.4, 0.5) is 0 Å². The molecule has 1 unspecified atom stereocenters. The van der Waals surface area contributed by atoms with Gasteiger partial charge in [-0.05, 0) is 36.7 Å². The van der Waals surface area contributed by atoms with Crippen molar-refractivity contribution in [3.05, 3.63) is 48.0 Å². The maximum atomic E-state index is 12.2. The molecule has 0 heterocycles. The molecule has 1 atom stereocenters. The van der Waals surface area contributed by atoms with Crippen molar-refractivity contribution in [2.45, 2.75) is 51.4 Å². The van der Waals surface area contributed by atoms with Crippen molar-refractivity contribution in [3.8, 4) is 0 Å². The number of hydrogen-bond donors (Lipinski definition) is 0. The van der Waals surface area contributed by atoms with Gasteiger partial charge in [-0.1, -0.05) is 61.7 Å². The minimum atomic E-state index is 0.200. The molecule has 1 aromatic carbocycles. The Kier molecular flexibility index (Phi) is 4.05.